The van der Waals surface area contributed by atoms with Crippen LogP contribution < -0.4 is 0 Å². The molecule has 1 amide bonds. The zero-order valence-corrected chi connectivity index (χ0v) is 9.62. The zero-order valence-electron chi connectivity index (χ0n) is 9.62. The molecule has 16 heavy (non-hydrogen) atoms. The minimum Gasteiger partial charge on any atom is -0.341 e. The Kier molecular flexibility index (Phi) is 2.77. The second kappa shape index (κ2) is 4.08. The number of nitrogens with zero attached hydrogens (tertiary/aromatic N) is 1. The van der Waals surface area contributed by atoms with Crippen LogP contribution in [0.2, 0.25) is 0 Å². The maximum absolute atomic E-state index is 11.7. The number of carbonyl (C=O) groups is 2. The molecule has 0 unspecified atom stereocenters. The van der Waals surface area contributed by atoms with Crippen molar-refractivity contribution < 1.29 is 9.59 Å². The zero-order chi connectivity index (χ0) is 11.7. The van der Waals surface area contributed by atoms with Crippen LogP contribution in [0.4, 0.5) is 0 Å². The number of amides is 1. The fraction of sp³-hybridized carbons (Fsp3) is 0.385. The summed E-state index contributed by atoms with van der Waals surface area (Å²) in [5, 5.41) is 0. The number of rotatable bonds is 2. The quantitative estimate of drug-likeness (QED) is 0.708. The van der Waals surface area contributed by atoms with E-state index in [9.17, 15) is 9.59 Å². The van der Waals surface area contributed by atoms with Gasteiger partial charge in [-0.05, 0) is 11.1 Å². The first kappa shape index (κ1) is 10.9. The van der Waals surface area contributed by atoms with Crippen LogP contribution in [0, 0.1) is 0 Å². The minimum absolute atomic E-state index is 0.0869. The number of likely N-dealkylation sites (N-methyl/N-ethyl adjacent to an activating group) is 1. The van der Waals surface area contributed by atoms with Crippen molar-refractivity contribution in [3.63, 3.8) is 0 Å². The number of carbonyl (C=O) groups excluding carboxylic acids is 2. The van der Waals surface area contributed by atoms with Crippen molar-refractivity contribution in [1.29, 1.82) is 0 Å². The standard InChI is InChI=1S/C13H15NO2/c1-3-12(15)10-6-4-5-9-8-14(2)13(16)7-11(9)10/h4-6H,3,7-8H2,1-2H3. The highest BCUT2D eigenvalue weighted by atomic mass is 16.2. The summed E-state index contributed by atoms with van der Waals surface area (Å²) in [6.07, 6.45) is 0.841. The second-order valence-electron chi connectivity index (χ2n) is 4.15. The molecule has 0 saturated heterocycles. The predicted molar refractivity (Wildman–Crippen MR) is 61.2 cm³/mol. The molecule has 2 rings (SSSR count). The second-order valence-corrected chi connectivity index (χ2v) is 4.15. The van der Waals surface area contributed by atoms with E-state index in [2.05, 4.69) is 0 Å². The number of Topliss-reactive ketones (excluding diaryl/α,β-unsaturated/α-hetero) is 1. The molecule has 3 heteroatoms. The smallest absolute Gasteiger partial charge is 0.227 e. The largest absolute Gasteiger partial charge is 0.341 e. The Hall–Kier alpha value is -1.64. The molecular weight excluding hydrogens is 202 g/mol. The first-order chi connectivity index (χ1) is 7.63. The normalized spacial score (nSPS) is 14.9. The van der Waals surface area contributed by atoms with Crippen LogP contribution in [-0.4, -0.2) is 23.6 Å². The van der Waals surface area contributed by atoms with Crippen molar-refractivity contribution in [1.82, 2.24) is 4.90 Å². The van der Waals surface area contributed by atoms with Crippen LogP contribution in [0.5, 0.6) is 0 Å². The molecule has 3 nitrogen and oxygen atoms in total. The van der Waals surface area contributed by atoms with Gasteiger partial charge in [0.25, 0.3) is 0 Å². The molecule has 0 radical (unpaired) electrons. The van der Waals surface area contributed by atoms with Crippen molar-refractivity contribution in [3.8, 4) is 0 Å². The number of hydrogen-bond acceptors (Lipinski definition) is 2. The lowest BCUT2D eigenvalue weighted by atomic mass is 9.91. The SMILES string of the molecule is CCC(=O)c1cccc2c1CC(=O)N(C)C2. The Balaban J connectivity index is 2.48. The van der Waals surface area contributed by atoms with Gasteiger partial charge in [-0.25, -0.2) is 0 Å². The van der Waals surface area contributed by atoms with Gasteiger partial charge >= 0.3 is 0 Å². The highest BCUT2D eigenvalue weighted by Gasteiger charge is 2.23. The summed E-state index contributed by atoms with van der Waals surface area (Å²) in [4.78, 5) is 25.1. The van der Waals surface area contributed by atoms with Crippen molar-refractivity contribution in [2.75, 3.05) is 7.05 Å². The van der Waals surface area contributed by atoms with Gasteiger partial charge in [-0.1, -0.05) is 25.1 Å². The monoisotopic (exact) mass is 217 g/mol. The number of benzene rings is 1. The Morgan fingerprint density at radius 3 is 2.88 bits per heavy atom. The van der Waals surface area contributed by atoms with E-state index >= 15 is 0 Å². The van der Waals surface area contributed by atoms with Gasteiger partial charge in [0.15, 0.2) is 5.78 Å². The average Bonchev–Trinajstić information content (AvgIpc) is 2.29. The fourth-order valence-electron chi connectivity index (χ4n) is 2.07. The van der Waals surface area contributed by atoms with Gasteiger partial charge in [-0.15, -0.1) is 0 Å². The van der Waals surface area contributed by atoms with Gasteiger partial charge in [0.2, 0.25) is 5.91 Å². The van der Waals surface area contributed by atoms with E-state index < -0.39 is 0 Å². The average molecular weight is 217 g/mol. The summed E-state index contributed by atoms with van der Waals surface area (Å²) in [5.74, 6) is 0.207. The molecule has 1 aliphatic rings. The van der Waals surface area contributed by atoms with Crippen LogP contribution in [-0.2, 0) is 17.8 Å². The summed E-state index contributed by atoms with van der Waals surface area (Å²) in [6, 6.07) is 5.71. The first-order valence-electron chi connectivity index (χ1n) is 5.51. The molecule has 0 spiro atoms. The van der Waals surface area contributed by atoms with Crippen molar-refractivity contribution in [3.05, 3.63) is 34.9 Å². The predicted octanol–water partition coefficient (Wildman–Crippen LogP) is 1.79. The number of hydrogen-bond donors (Lipinski definition) is 0. The fourth-order valence-corrected chi connectivity index (χ4v) is 2.07. The van der Waals surface area contributed by atoms with E-state index in [4.69, 9.17) is 0 Å². The molecule has 0 atom stereocenters. The van der Waals surface area contributed by atoms with Crippen molar-refractivity contribution in [2.24, 2.45) is 0 Å². The molecule has 0 N–H and O–H groups in total. The van der Waals surface area contributed by atoms with Crippen LogP contribution >= 0.6 is 0 Å². The van der Waals surface area contributed by atoms with Gasteiger partial charge in [0.1, 0.15) is 0 Å². The topological polar surface area (TPSA) is 37.4 Å². The summed E-state index contributed by atoms with van der Waals surface area (Å²) in [7, 11) is 1.79. The number of ketones is 1. The minimum atomic E-state index is 0.0869. The van der Waals surface area contributed by atoms with E-state index in [1.165, 1.54) is 0 Å². The summed E-state index contributed by atoms with van der Waals surface area (Å²) in [5.41, 5.74) is 2.75. The number of fused-ring (bicyclic) bond motifs is 1. The maximum atomic E-state index is 11.7. The highest BCUT2D eigenvalue weighted by molar-refractivity contribution is 5.99. The van der Waals surface area contributed by atoms with Crippen LogP contribution in [0.15, 0.2) is 18.2 Å². The lowest BCUT2D eigenvalue weighted by Crippen LogP contribution is -2.33. The van der Waals surface area contributed by atoms with Gasteiger partial charge in [0, 0.05) is 25.6 Å². The van der Waals surface area contributed by atoms with Gasteiger partial charge < -0.3 is 4.90 Å². The van der Waals surface area contributed by atoms with Crippen LogP contribution in [0.1, 0.15) is 34.8 Å². The molecule has 0 fully saturated rings. The molecule has 1 heterocycles. The molecule has 0 aliphatic carbocycles. The molecule has 0 saturated carbocycles. The van der Waals surface area contributed by atoms with Gasteiger partial charge in [0.05, 0.1) is 6.42 Å². The van der Waals surface area contributed by atoms with Gasteiger partial charge in [-0.3, -0.25) is 9.59 Å². The first-order valence-corrected chi connectivity index (χ1v) is 5.51. The summed E-state index contributed by atoms with van der Waals surface area (Å²) < 4.78 is 0. The summed E-state index contributed by atoms with van der Waals surface area (Å²) in [6.45, 7) is 2.46. The molecule has 84 valence electrons. The molecule has 1 aliphatic heterocycles. The van der Waals surface area contributed by atoms with E-state index in [-0.39, 0.29) is 11.7 Å². The van der Waals surface area contributed by atoms with Gasteiger partial charge in [-0.2, -0.15) is 0 Å². The Bertz CT molecular complexity index is 451. The van der Waals surface area contributed by atoms with E-state index in [1.54, 1.807) is 11.9 Å². The van der Waals surface area contributed by atoms with Crippen molar-refractivity contribution in [2.45, 2.75) is 26.3 Å². The third kappa shape index (κ3) is 1.73. The Labute approximate surface area is 95.1 Å². The van der Waals surface area contributed by atoms with Crippen molar-refractivity contribution >= 4 is 11.7 Å². The molecule has 1 aromatic carbocycles. The third-order valence-electron chi connectivity index (χ3n) is 3.06. The van der Waals surface area contributed by atoms with E-state index in [0.717, 1.165) is 16.7 Å². The van der Waals surface area contributed by atoms with E-state index in [1.807, 2.05) is 25.1 Å². The molecule has 0 bridgehead atoms. The molecule has 0 aromatic heterocycles. The van der Waals surface area contributed by atoms with Crippen LogP contribution in [0.25, 0.3) is 0 Å². The lowest BCUT2D eigenvalue weighted by molar-refractivity contribution is -0.130. The van der Waals surface area contributed by atoms with Crippen LogP contribution in [0.3, 0.4) is 0 Å². The Morgan fingerprint density at radius 2 is 2.19 bits per heavy atom. The Morgan fingerprint density at radius 1 is 1.44 bits per heavy atom. The maximum Gasteiger partial charge on any atom is 0.227 e. The molecule has 1 aromatic rings. The summed E-state index contributed by atoms with van der Waals surface area (Å²) >= 11 is 0. The lowest BCUT2D eigenvalue weighted by Gasteiger charge is -2.26. The van der Waals surface area contributed by atoms with E-state index in [0.29, 0.717) is 19.4 Å². The third-order valence-corrected chi connectivity index (χ3v) is 3.06. The molecular formula is C13H15NO2. The highest BCUT2D eigenvalue weighted by Crippen LogP contribution is 2.23.